The lowest BCUT2D eigenvalue weighted by molar-refractivity contribution is 0.111. The van der Waals surface area contributed by atoms with Gasteiger partial charge in [0.1, 0.15) is 0 Å². The van der Waals surface area contributed by atoms with Crippen molar-refractivity contribution in [1.29, 1.82) is 0 Å². The predicted octanol–water partition coefficient (Wildman–Crippen LogP) is 2.67. The van der Waals surface area contributed by atoms with E-state index in [2.05, 4.69) is 28.5 Å². The topological polar surface area (TPSA) is 37.0 Å². The summed E-state index contributed by atoms with van der Waals surface area (Å²) in [6, 6.07) is 7.38. The van der Waals surface area contributed by atoms with Crippen molar-refractivity contribution in [3.8, 4) is 0 Å². The summed E-state index contributed by atoms with van der Waals surface area (Å²) in [6.07, 6.45) is 3.56. The maximum atomic E-state index is 5.59. The van der Waals surface area contributed by atoms with Crippen molar-refractivity contribution in [2.75, 3.05) is 13.2 Å². The van der Waals surface area contributed by atoms with Gasteiger partial charge in [-0.25, -0.2) is 0 Å². The highest BCUT2D eigenvalue weighted by Gasteiger charge is 2.19. The lowest BCUT2D eigenvalue weighted by Crippen LogP contribution is -2.12. The van der Waals surface area contributed by atoms with Crippen LogP contribution >= 0.6 is 0 Å². The fourth-order valence-electron chi connectivity index (χ4n) is 3.23. The molecule has 0 amide bonds. The summed E-state index contributed by atoms with van der Waals surface area (Å²) in [5, 5.41) is 4.93. The number of aromatic amines is 1. The van der Waals surface area contributed by atoms with Crippen molar-refractivity contribution in [3.05, 3.63) is 35.0 Å². The van der Waals surface area contributed by atoms with Crippen LogP contribution < -0.4 is 5.32 Å². The highest BCUT2D eigenvalue weighted by atomic mass is 16.5. The Labute approximate surface area is 107 Å². The van der Waals surface area contributed by atoms with Crippen LogP contribution in [0.5, 0.6) is 0 Å². The molecule has 1 unspecified atom stereocenters. The second-order valence-corrected chi connectivity index (χ2v) is 5.34. The van der Waals surface area contributed by atoms with E-state index in [0.717, 1.165) is 26.2 Å². The number of fused-ring (bicyclic) bond motifs is 3. The fraction of sp³-hybridized carbons (Fsp3) is 0.467. The zero-order chi connectivity index (χ0) is 11.9. The van der Waals surface area contributed by atoms with Crippen molar-refractivity contribution in [3.63, 3.8) is 0 Å². The molecule has 4 rings (SSSR count). The molecule has 2 aliphatic heterocycles. The first-order valence-electron chi connectivity index (χ1n) is 6.86. The first kappa shape index (κ1) is 10.6. The number of hydrogen-bond acceptors (Lipinski definition) is 2. The molecule has 0 saturated carbocycles. The quantitative estimate of drug-likeness (QED) is 0.806. The minimum atomic E-state index is 0.546. The second kappa shape index (κ2) is 4.11. The van der Waals surface area contributed by atoms with E-state index in [4.69, 9.17) is 4.74 Å². The van der Waals surface area contributed by atoms with Crippen LogP contribution in [-0.2, 0) is 17.8 Å². The van der Waals surface area contributed by atoms with Crippen molar-refractivity contribution in [1.82, 2.24) is 10.3 Å². The Balaban J connectivity index is 1.83. The van der Waals surface area contributed by atoms with E-state index in [-0.39, 0.29) is 0 Å². The summed E-state index contributed by atoms with van der Waals surface area (Å²) in [5.41, 5.74) is 5.42. The molecule has 0 spiro atoms. The number of nitrogens with one attached hydrogen (secondary N) is 2. The average molecular weight is 242 g/mol. The molecule has 2 aliphatic rings. The van der Waals surface area contributed by atoms with Crippen molar-refractivity contribution >= 4 is 10.9 Å². The van der Waals surface area contributed by atoms with E-state index in [1.165, 1.54) is 40.6 Å². The molecule has 3 nitrogen and oxygen atoms in total. The van der Waals surface area contributed by atoms with E-state index in [9.17, 15) is 0 Å². The molecule has 1 saturated heterocycles. The van der Waals surface area contributed by atoms with Crippen LogP contribution in [0.1, 0.15) is 35.7 Å². The van der Waals surface area contributed by atoms with E-state index in [1.807, 2.05) is 0 Å². The van der Waals surface area contributed by atoms with Gasteiger partial charge in [-0.15, -0.1) is 0 Å². The number of ether oxygens (including phenoxy) is 1. The van der Waals surface area contributed by atoms with Gasteiger partial charge >= 0.3 is 0 Å². The lowest BCUT2D eigenvalue weighted by Gasteiger charge is -2.13. The van der Waals surface area contributed by atoms with Crippen LogP contribution in [0.2, 0.25) is 0 Å². The lowest BCUT2D eigenvalue weighted by atomic mass is 10.0. The molecule has 1 fully saturated rings. The third kappa shape index (κ3) is 1.58. The number of rotatable bonds is 1. The zero-order valence-corrected chi connectivity index (χ0v) is 10.5. The zero-order valence-electron chi connectivity index (χ0n) is 10.5. The van der Waals surface area contributed by atoms with Gasteiger partial charge in [0.15, 0.2) is 0 Å². The first-order chi connectivity index (χ1) is 8.92. The first-order valence-corrected chi connectivity index (χ1v) is 6.86. The van der Waals surface area contributed by atoms with Crippen LogP contribution in [0.25, 0.3) is 10.9 Å². The second-order valence-electron chi connectivity index (χ2n) is 5.34. The van der Waals surface area contributed by atoms with Gasteiger partial charge in [-0.05, 0) is 37.1 Å². The summed E-state index contributed by atoms with van der Waals surface area (Å²) in [7, 11) is 0. The largest absolute Gasteiger partial charge is 0.376 e. The van der Waals surface area contributed by atoms with E-state index >= 15 is 0 Å². The smallest absolute Gasteiger partial charge is 0.0740 e. The Morgan fingerprint density at radius 2 is 2.28 bits per heavy atom. The van der Waals surface area contributed by atoms with E-state index in [1.54, 1.807) is 0 Å². The molecule has 0 bridgehead atoms. The average Bonchev–Trinajstić information content (AvgIpc) is 3.05. The highest BCUT2D eigenvalue weighted by Crippen LogP contribution is 2.31. The molecule has 1 aromatic carbocycles. The van der Waals surface area contributed by atoms with Crippen LogP contribution in [0, 0.1) is 0 Å². The Hall–Kier alpha value is -1.32. The molecule has 0 aliphatic carbocycles. The summed E-state index contributed by atoms with van der Waals surface area (Å²) >= 11 is 0. The van der Waals surface area contributed by atoms with Gasteiger partial charge in [0.05, 0.1) is 13.2 Å². The van der Waals surface area contributed by atoms with Gasteiger partial charge in [0.2, 0.25) is 0 Å². The predicted molar refractivity (Wildman–Crippen MR) is 71.6 cm³/mol. The van der Waals surface area contributed by atoms with Gasteiger partial charge in [-0.1, -0.05) is 6.07 Å². The number of H-pyrrole nitrogens is 1. The third-order valence-electron chi connectivity index (χ3n) is 4.22. The Morgan fingerprint density at radius 3 is 3.17 bits per heavy atom. The Kier molecular flexibility index (Phi) is 2.42. The van der Waals surface area contributed by atoms with Gasteiger partial charge in [-0.2, -0.15) is 0 Å². The van der Waals surface area contributed by atoms with E-state index in [0.29, 0.717) is 6.04 Å². The fourth-order valence-corrected chi connectivity index (χ4v) is 3.23. The number of aromatic nitrogens is 1. The minimum absolute atomic E-state index is 0.546. The standard InChI is InChI=1S/C15H18N2O/c1-2-13(16-6-1)10-3-4-14-11(8-10)12-9-18-7-5-15(12)17-14/h3-4,8,13,16-17H,1-2,5-7,9H2. The molecule has 3 heterocycles. The summed E-state index contributed by atoms with van der Waals surface area (Å²) < 4.78 is 5.59. The van der Waals surface area contributed by atoms with Gasteiger partial charge < -0.3 is 15.0 Å². The molecular formula is C15H18N2O. The molecule has 94 valence electrons. The summed E-state index contributed by atoms with van der Waals surface area (Å²) in [6.45, 7) is 2.75. The Bertz CT molecular complexity index is 581. The SMILES string of the molecule is c1cc2[nH]c3c(c2cc1C1CCCN1)COCC3. The number of benzene rings is 1. The molecule has 3 heteroatoms. The molecule has 18 heavy (non-hydrogen) atoms. The molecule has 0 radical (unpaired) electrons. The van der Waals surface area contributed by atoms with Crippen molar-refractivity contribution in [2.24, 2.45) is 0 Å². The van der Waals surface area contributed by atoms with Crippen molar-refractivity contribution < 1.29 is 4.74 Å². The molecule has 2 aromatic rings. The summed E-state index contributed by atoms with van der Waals surface area (Å²) in [4.78, 5) is 3.53. The van der Waals surface area contributed by atoms with Crippen molar-refractivity contribution in [2.45, 2.75) is 31.9 Å². The summed E-state index contributed by atoms with van der Waals surface area (Å²) in [5.74, 6) is 0. The van der Waals surface area contributed by atoms with Crippen LogP contribution in [-0.4, -0.2) is 18.1 Å². The van der Waals surface area contributed by atoms with Gasteiger partial charge in [0, 0.05) is 34.6 Å². The van der Waals surface area contributed by atoms with Crippen LogP contribution in [0.15, 0.2) is 18.2 Å². The molecule has 1 aromatic heterocycles. The number of hydrogen-bond donors (Lipinski definition) is 2. The van der Waals surface area contributed by atoms with Crippen LogP contribution in [0.4, 0.5) is 0 Å². The van der Waals surface area contributed by atoms with Gasteiger partial charge in [-0.3, -0.25) is 0 Å². The Morgan fingerprint density at radius 1 is 1.28 bits per heavy atom. The molecule has 1 atom stereocenters. The van der Waals surface area contributed by atoms with E-state index < -0.39 is 0 Å². The maximum Gasteiger partial charge on any atom is 0.0740 e. The van der Waals surface area contributed by atoms with Gasteiger partial charge in [0.25, 0.3) is 0 Å². The normalized spacial score (nSPS) is 23.4. The minimum Gasteiger partial charge on any atom is -0.376 e. The molecular weight excluding hydrogens is 224 g/mol. The maximum absolute atomic E-state index is 5.59. The van der Waals surface area contributed by atoms with Crippen LogP contribution in [0.3, 0.4) is 0 Å². The monoisotopic (exact) mass is 242 g/mol. The third-order valence-corrected chi connectivity index (χ3v) is 4.22. The highest BCUT2D eigenvalue weighted by molar-refractivity contribution is 5.85. The molecule has 2 N–H and O–H groups in total.